The highest BCUT2D eigenvalue weighted by atomic mass is 16.1. The lowest BCUT2D eigenvalue weighted by atomic mass is 10.1. The van der Waals surface area contributed by atoms with Gasteiger partial charge in [0.05, 0.1) is 0 Å². The van der Waals surface area contributed by atoms with Crippen molar-refractivity contribution in [2.45, 2.75) is 0 Å². The van der Waals surface area contributed by atoms with Gasteiger partial charge in [-0.3, -0.25) is 9.78 Å². The number of pyridine rings is 1. The molecule has 0 fully saturated rings. The van der Waals surface area contributed by atoms with Crippen LogP contribution in [0.1, 0.15) is 5.56 Å². The zero-order valence-electron chi connectivity index (χ0n) is 5.45. The molecule has 1 aromatic heterocycles. The lowest BCUT2D eigenvalue weighted by Gasteiger charge is -1.93. The van der Waals surface area contributed by atoms with Crippen molar-refractivity contribution in [2.24, 2.45) is 0 Å². The van der Waals surface area contributed by atoms with E-state index in [9.17, 15) is 4.79 Å². The first-order chi connectivity index (χ1) is 4.84. The van der Waals surface area contributed by atoms with E-state index >= 15 is 0 Å². The predicted molar refractivity (Wildman–Crippen MR) is 39.3 cm³/mol. The van der Waals surface area contributed by atoms with Crippen LogP contribution in [0.4, 0.5) is 0 Å². The molecule has 50 valence electrons. The van der Waals surface area contributed by atoms with E-state index in [1.807, 2.05) is 0 Å². The zero-order valence-corrected chi connectivity index (χ0v) is 5.45. The van der Waals surface area contributed by atoms with Crippen LogP contribution in [0.15, 0.2) is 31.1 Å². The predicted octanol–water partition coefficient (Wildman–Crippen LogP) is 1.29. The summed E-state index contributed by atoms with van der Waals surface area (Å²) in [6.45, 7) is 3.55. The number of carbonyl (C=O) groups is 1. The number of allylic oxidation sites excluding steroid dienone is 1. The van der Waals surface area contributed by atoms with Crippen molar-refractivity contribution in [3.63, 3.8) is 0 Å². The summed E-state index contributed by atoms with van der Waals surface area (Å²) in [5.41, 5.74) is 1.31. The third kappa shape index (κ3) is 1.29. The molecule has 2 nitrogen and oxygen atoms in total. The lowest BCUT2D eigenvalue weighted by Crippen LogP contribution is -1.82. The number of carbonyl (C=O) groups excluding carboxylic acids is 1. The first-order valence-corrected chi connectivity index (χ1v) is 2.89. The molecule has 0 amide bonds. The molecule has 1 rings (SSSR count). The van der Waals surface area contributed by atoms with Gasteiger partial charge in [0, 0.05) is 18.0 Å². The van der Waals surface area contributed by atoms with E-state index in [0.717, 1.165) is 11.8 Å². The van der Waals surface area contributed by atoms with E-state index in [1.165, 1.54) is 0 Å². The molecule has 10 heavy (non-hydrogen) atoms. The molecule has 0 aliphatic carbocycles. The molecule has 0 aliphatic heterocycles. The Bertz CT molecular complexity index is 241. The van der Waals surface area contributed by atoms with Crippen molar-refractivity contribution < 1.29 is 4.79 Å². The highest BCUT2D eigenvalue weighted by Crippen LogP contribution is 2.05. The second-order valence-corrected chi connectivity index (χ2v) is 1.88. The summed E-state index contributed by atoms with van der Waals surface area (Å²) in [4.78, 5) is 14.0. The molecule has 0 N–H and O–H groups in total. The monoisotopic (exact) mass is 133 g/mol. The topological polar surface area (TPSA) is 30.0 Å². The quantitative estimate of drug-likeness (QED) is 0.449. The average molecular weight is 133 g/mol. The number of nitrogens with zero attached hydrogens (tertiary/aromatic N) is 1. The number of rotatable bonds is 2. The summed E-state index contributed by atoms with van der Waals surface area (Å²) in [7, 11) is 0. The van der Waals surface area contributed by atoms with Crippen LogP contribution in [0.3, 0.4) is 0 Å². The fraction of sp³-hybridized carbons (Fsp3) is 0. The lowest BCUT2D eigenvalue weighted by molar-refractivity contribution is -0.103. The molecule has 0 unspecified atom stereocenters. The third-order valence-electron chi connectivity index (χ3n) is 1.19. The maximum atomic E-state index is 10.2. The standard InChI is InChI=1S/C8H7NO/c1-7(6-10)8-2-4-9-5-3-8/h2-6H,1H2. The number of aromatic nitrogens is 1. The second-order valence-electron chi connectivity index (χ2n) is 1.88. The normalized spacial score (nSPS) is 8.80. The van der Waals surface area contributed by atoms with Gasteiger partial charge in [0.15, 0.2) is 0 Å². The molecule has 0 aromatic carbocycles. The Morgan fingerprint density at radius 3 is 2.60 bits per heavy atom. The summed E-state index contributed by atoms with van der Waals surface area (Å²) in [5, 5.41) is 0. The highest BCUT2D eigenvalue weighted by molar-refractivity contribution is 6.05. The Balaban J connectivity index is 2.95. The van der Waals surface area contributed by atoms with Crippen molar-refractivity contribution in [3.05, 3.63) is 36.7 Å². The minimum absolute atomic E-state index is 0.488. The largest absolute Gasteiger partial charge is 0.298 e. The maximum absolute atomic E-state index is 10.2. The smallest absolute Gasteiger partial charge is 0.150 e. The summed E-state index contributed by atoms with van der Waals surface area (Å²) < 4.78 is 0. The fourth-order valence-electron chi connectivity index (χ4n) is 0.634. The van der Waals surface area contributed by atoms with E-state index in [-0.39, 0.29) is 0 Å². The Labute approximate surface area is 59.2 Å². The third-order valence-corrected chi connectivity index (χ3v) is 1.19. The van der Waals surface area contributed by atoms with E-state index in [1.54, 1.807) is 24.5 Å². The van der Waals surface area contributed by atoms with Crippen molar-refractivity contribution in [1.82, 2.24) is 4.98 Å². The fourth-order valence-corrected chi connectivity index (χ4v) is 0.634. The van der Waals surface area contributed by atoms with Crippen LogP contribution in [0, 0.1) is 0 Å². The van der Waals surface area contributed by atoms with Gasteiger partial charge in [-0.2, -0.15) is 0 Å². The number of hydrogen-bond acceptors (Lipinski definition) is 2. The van der Waals surface area contributed by atoms with Gasteiger partial charge in [-0.1, -0.05) is 6.58 Å². The minimum atomic E-state index is 0.488. The SMILES string of the molecule is C=C(C=O)c1ccncc1. The zero-order chi connectivity index (χ0) is 7.40. The van der Waals surface area contributed by atoms with Gasteiger partial charge < -0.3 is 0 Å². The molecule has 0 atom stereocenters. The minimum Gasteiger partial charge on any atom is -0.298 e. The van der Waals surface area contributed by atoms with Gasteiger partial charge in [-0.15, -0.1) is 0 Å². The molecule has 0 radical (unpaired) electrons. The van der Waals surface area contributed by atoms with Gasteiger partial charge in [0.25, 0.3) is 0 Å². The van der Waals surface area contributed by atoms with Gasteiger partial charge >= 0.3 is 0 Å². The van der Waals surface area contributed by atoms with Crippen LogP contribution in [0.2, 0.25) is 0 Å². The van der Waals surface area contributed by atoms with Gasteiger partial charge in [0.1, 0.15) is 6.29 Å². The van der Waals surface area contributed by atoms with Crippen LogP contribution in [0.5, 0.6) is 0 Å². The molecule has 0 bridgehead atoms. The molecule has 0 spiro atoms. The van der Waals surface area contributed by atoms with E-state index < -0.39 is 0 Å². The van der Waals surface area contributed by atoms with Crippen molar-refractivity contribution >= 4 is 11.9 Å². The van der Waals surface area contributed by atoms with E-state index in [4.69, 9.17) is 0 Å². The number of aldehydes is 1. The number of hydrogen-bond donors (Lipinski definition) is 0. The summed E-state index contributed by atoms with van der Waals surface area (Å²) in [6.07, 6.45) is 3.99. The molecular formula is C8H7NO. The Hall–Kier alpha value is -1.44. The molecule has 2 heteroatoms. The van der Waals surface area contributed by atoms with Crippen LogP contribution < -0.4 is 0 Å². The molecule has 0 saturated carbocycles. The van der Waals surface area contributed by atoms with E-state index in [2.05, 4.69) is 11.6 Å². The van der Waals surface area contributed by atoms with Gasteiger partial charge in [0.2, 0.25) is 0 Å². The van der Waals surface area contributed by atoms with E-state index in [0.29, 0.717) is 5.57 Å². The molecule has 0 saturated heterocycles. The Morgan fingerprint density at radius 1 is 1.50 bits per heavy atom. The molecule has 1 aromatic rings. The van der Waals surface area contributed by atoms with Gasteiger partial charge in [-0.25, -0.2) is 0 Å². The Morgan fingerprint density at radius 2 is 2.10 bits per heavy atom. The molecule has 1 heterocycles. The van der Waals surface area contributed by atoms with Crippen molar-refractivity contribution in [2.75, 3.05) is 0 Å². The van der Waals surface area contributed by atoms with Crippen LogP contribution in [-0.2, 0) is 4.79 Å². The first-order valence-electron chi connectivity index (χ1n) is 2.89. The van der Waals surface area contributed by atoms with Crippen molar-refractivity contribution in [1.29, 1.82) is 0 Å². The Kier molecular flexibility index (Phi) is 1.95. The van der Waals surface area contributed by atoms with Crippen molar-refractivity contribution in [3.8, 4) is 0 Å². The summed E-state index contributed by atoms with van der Waals surface area (Å²) >= 11 is 0. The molecule has 0 aliphatic rings. The summed E-state index contributed by atoms with van der Waals surface area (Å²) in [5.74, 6) is 0. The first kappa shape index (κ1) is 6.68. The second kappa shape index (κ2) is 2.92. The van der Waals surface area contributed by atoms with Crippen LogP contribution in [0.25, 0.3) is 5.57 Å². The summed E-state index contributed by atoms with van der Waals surface area (Å²) in [6, 6.07) is 3.49. The van der Waals surface area contributed by atoms with Gasteiger partial charge in [-0.05, 0) is 17.7 Å². The van der Waals surface area contributed by atoms with Crippen LogP contribution >= 0.6 is 0 Å². The maximum Gasteiger partial charge on any atom is 0.150 e. The average Bonchev–Trinajstić information content (AvgIpc) is 2.05. The van der Waals surface area contributed by atoms with Crippen LogP contribution in [-0.4, -0.2) is 11.3 Å². The highest BCUT2D eigenvalue weighted by Gasteiger charge is 1.92. The molecular weight excluding hydrogens is 126 g/mol.